The first-order valence-electron chi connectivity index (χ1n) is 7.37. The van der Waals surface area contributed by atoms with E-state index >= 15 is 0 Å². The summed E-state index contributed by atoms with van der Waals surface area (Å²) in [5.74, 6) is -0.295. The molecule has 1 amide bonds. The fourth-order valence-corrected chi connectivity index (χ4v) is 2.75. The van der Waals surface area contributed by atoms with Crippen LogP contribution in [0.15, 0.2) is 53.0 Å². The third kappa shape index (κ3) is 5.65. The predicted octanol–water partition coefficient (Wildman–Crippen LogP) is 4.22. The Balaban J connectivity index is 1.90. The molecule has 0 spiro atoms. The van der Waals surface area contributed by atoms with Crippen molar-refractivity contribution in [2.24, 2.45) is 0 Å². The van der Waals surface area contributed by atoms with Crippen LogP contribution in [0.2, 0.25) is 5.02 Å². The van der Waals surface area contributed by atoms with E-state index < -0.39 is 5.60 Å². The molecule has 0 saturated carbocycles. The lowest BCUT2D eigenvalue weighted by Crippen LogP contribution is -2.41. The van der Waals surface area contributed by atoms with Gasteiger partial charge in [-0.05, 0) is 43.5 Å². The number of halogens is 2. The standard InChI is InChI=1S/C18H19BrClNO2/c1-18(23,10-9-13-5-3-2-4-6-13)12-21-17(22)15-11-14(19)7-8-16(15)20/h2-8,11,23H,9-10,12H2,1H3,(H,21,22). The first-order valence-corrected chi connectivity index (χ1v) is 8.54. The van der Waals surface area contributed by atoms with E-state index in [1.165, 1.54) is 0 Å². The SMILES string of the molecule is CC(O)(CCc1ccccc1)CNC(=O)c1cc(Br)ccc1Cl. The molecule has 2 rings (SSSR count). The normalized spacial score (nSPS) is 13.4. The van der Waals surface area contributed by atoms with Crippen LogP contribution >= 0.6 is 27.5 Å². The van der Waals surface area contributed by atoms with Gasteiger partial charge in [0.2, 0.25) is 0 Å². The summed E-state index contributed by atoms with van der Waals surface area (Å²) in [5.41, 5.74) is 0.568. The molecule has 23 heavy (non-hydrogen) atoms. The number of benzene rings is 2. The highest BCUT2D eigenvalue weighted by atomic mass is 79.9. The molecule has 0 aliphatic heterocycles. The molecule has 0 radical (unpaired) electrons. The summed E-state index contributed by atoms with van der Waals surface area (Å²) in [5, 5.41) is 13.6. The Labute approximate surface area is 149 Å². The summed E-state index contributed by atoms with van der Waals surface area (Å²) < 4.78 is 0.780. The van der Waals surface area contributed by atoms with Crippen LogP contribution in [0.1, 0.15) is 29.3 Å². The molecule has 0 bridgehead atoms. The van der Waals surface area contributed by atoms with Gasteiger partial charge in [-0.25, -0.2) is 0 Å². The molecule has 5 heteroatoms. The Morgan fingerprint density at radius 2 is 1.96 bits per heavy atom. The largest absolute Gasteiger partial charge is 0.388 e. The van der Waals surface area contributed by atoms with Gasteiger partial charge in [0.15, 0.2) is 0 Å². The molecule has 0 aliphatic carbocycles. The van der Waals surface area contributed by atoms with Gasteiger partial charge >= 0.3 is 0 Å². The maximum absolute atomic E-state index is 12.2. The highest BCUT2D eigenvalue weighted by molar-refractivity contribution is 9.10. The molecule has 0 aromatic heterocycles. The van der Waals surface area contributed by atoms with Gasteiger partial charge in [-0.3, -0.25) is 4.79 Å². The number of carbonyl (C=O) groups excluding carboxylic acids is 1. The first kappa shape index (κ1) is 18.0. The predicted molar refractivity (Wildman–Crippen MR) is 96.9 cm³/mol. The number of nitrogens with one attached hydrogen (secondary N) is 1. The van der Waals surface area contributed by atoms with Gasteiger partial charge in [0.05, 0.1) is 16.2 Å². The van der Waals surface area contributed by atoms with Gasteiger partial charge in [0.1, 0.15) is 0 Å². The third-order valence-electron chi connectivity index (χ3n) is 3.60. The molecule has 0 heterocycles. The van der Waals surface area contributed by atoms with E-state index in [9.17, 15) is 9.90 Å². The van der Waals surface area contributed by atoms with Crippen LogP contribution in [-0.4, -0.2) is 23.2 Å². The summed E-state index contributed by atoms with van der Waals surface area (Å²) in [6.45, 7) is 1.89. The fourth-order valence-electron chi connectivity index (χ4n) is 2.18. The molecule has 2 aromatic rings. The minimum atomic E-state index is -0.982. The topological polar surface area (TPSA) is 49.3 Å². The van der Waals surface area contributed by atoms with E-state index in [1.54, 1.807) is 25.1 Å². The van der Waals surface area contributed by atoms with E-state index in [0.29, 0.717) is 17.0 Å². The van der Waals surface area contributed by atoms with Crippen LogP contribution in [0.5, 0.6) is 0 Å². The highest BCUT2D eigenvalue weighted by Crippen LogP contribution is 2.21. The second-order valence-corrected chi connectivity index (χ2v) is 7.11. The average Bonchev–Trinajstić information content (AvgIpc) is 2.54. The summed E-state index contributed by atoms with van der Waals surface area (Å²) >= 11 is 9.36. The van der Waals surface area contributed by atoms with Gasteiger partial charge in [-0.15, -0.1) is 0 Å². The molecule has 0 fully saturated rings. The van der Waals surface area contributed by atoms with Crippen molar-refractivity contribution in [3.05, 3.63) is 69.2 Å². The lowest BCUT2D eigenvalue weighted by Gasteiger charge is -2.24. The van der Waals surface area contributed by atoms with Crippen LogP contribution in [-0.2, 0) is 6.42 Å². The maximum atomic E-state index is 12.2. The Bertz CT molecular complexity index is 674. The summed E-state index contributed by atoms with van der Waals surface area (Å²) in [4.78, 5) is 12.2. The Morgan fingerprint density at radius 3 is 2.65 bits per heavy atom. The fraction of sp³-hybridized carbons (Fsp3) is 0.278. The van der Waals surface area contributed by atoms with Crippen LogP contribution in [0, 0.1) is 0 Å². The number of aryl methyl sites for hydroxylation is 1. The number of amides is 1. The average molecular weight is 397 g/mol. The quantitative estimate of drug-likeness (QED) is 0.768. The van der Waals surface area contributed by atoms with E-state index in [1.807, 2.05) is 30.3 Å². The third-order valence-corrected chi connectivity index (χ3v) is 4.42. The number of rotatable bonds is 6. The monoisotopic (exact) mass is 395 g/mol. The zero-order chi connectivity index (χ0) is 16.9. The van der Waals surface area contributed by atoms with Crippen molar-refractivity contribution in [3.8, 4) is 0 Å². The van der Waals surface area contributed by atoms with Crippen molar-refractivity contribution in [2.45, 2.75) is 25.4 Å². The minimum Gasteiger partial charge on any atom is -0.388 e. The van der Waals surface area contributed by atoms with Crippen molar-refractivity contribution in [2.75, 3.05) is 6.54 Å². The summed E-state index contributed by atoms with van der Waals surface area (Å²) in [6.07, 6.45) is 1.31. The van der Waals surface area contributed by atoms with Gasteiger partial charge in [0, 0.05) is 11.0 Å². The van der Waals surface area contributed by atoms with Crippen molar-refractivity contribution >= 4 is 33.4 Å². The molecular formula is C18H19BrClNO2. The van der Waals surface area contributed by atoms with Crippen LogP contribution in [0.25, 0.3) is 0 Å². The molecular weight excluding hydrogens is 378 g/mol. The van der Waals surface area contributed by atoms with Crippen molar-refractivity contribution in [3.63, 3.8) is 0 Å². The molecule has 1 unspecified atom stereocenters. The smallest absolute Gasteiger partial charge is 0.252 e. The van der Waals surface area contributed by atoms with Crippen LogP contribution in [0.4, 0.5) is 0 Å². The second kappa shape index (κ2) is 7.95. The Hall–Kier alpha value is -1.36. The Kier molecular flexibility index (Phi) is 6.22. The molecule has 122 valence electrons. The molecule has 3 nitrogen and oxygen atoms in total. The van der Waals surface area contributed by atoms with Crippen molar-refractivity contribution < 1.29 is 9.90 Å². The minimum absolute atomic E-state index is 0.168. The van der Waals surface area contributed by atoms with Gasteiger partial charge < -0.3 is 10.4 Å². The molecule has 2 aromatic carbocycles. The van der Waals surface area contributed by atoms with Crippen LogP contribution in [0.3, 0.4) is 0 Å². The van der Waals surface area contributed by atoms with Crippen molar-refractivity contribution in [1.82, 2.24) is 5.32 Å². The van der Waals surface area contributed by atoms with Gasteiger partial charge in [-0.2, -0.15) is 0 Å². The summed E-state index contributed by atoms with van der Waals surface area (Å²) in [6, 6.07) is 15.1. The molecule has 2 N–H and O–H groups in total. The zero-order valence-corrected chi connectivity index (χ0v) is 15.2. The molecule has 0 saturated heterocycles. The molecule has 1 atom stereocenters. The second-order valence-electron chi connectivity index (χ2n) is 5.79. The Morgan fingerprint density at radius 1 is 1.26 bits per heavy atom. The van der Waals surface area contributed by atoms with Gasteiger partial charge in [0.25, 0.3) is 5.91 Å². The van der Waals surface area contributed by atoms with Crippen LogP contribution < -0.4 is 5.32 Å². The molecule has 0 aliphatic rings. The first-order chi connectivity index (χ1) is 10.9. The number of hydrogen-bond donors (Lipinski definition) is 2. The summed E-state index contributed by atoms with van der Waals surface area (Å²) in [7, 11) is 0. The zero-order valence-electron chi connectivity index (χ0n) is 12.9. The highest BCUT2D eigenvalue weighted by Gasteiger charge is 2.22. The lowest BCUT2D eigenvalue weighted by atomic mass is 9.96. The van der Waals surface area contributed by atoms with Gasteiger partial charge in [-0.1, -0.05) is 57.9 Å². The lowest BCUT2D eigenvalue weighted by molar-refractivity contribution is 0.0478. The number of carbonyl (C=O) groups is 1. The number of aliphatic hydroxyl groups is 1. The van der Waals surface area contributed by atoms with E-state index in [4.69, 9.17) is 11.6 Å². The maximum Gasteiger partial charge on any atom is 0.252 e. The van der Waals surface area contributed by atoms with E-state index in [2.05, 4.69) is 21.2 Å². The number of hydrogen-bond acceptors (Lipinski definition) is 2. The van der Waals surface area contributed by atoms with E-state index in [0.717, 1.165) is 16.5 Å². The van der Waals surface area contributed by atoms with E-state index in [-0.39, 0.29) is 12.5 Å². The van der Waals surface area contributed by atoms with Crippen molar-refractivity contribution in [1.29, 1.82) is 0 Å².